The summed E-state index contributed by atoms with van der Waals surface area (Å²) in [5.74, 6) is 1.09. The molecule has 1 unspecified atom stereocenters. The molecular weight excluding hydrogens is 230 g/mol. The van der Waals surface area contributed by atoms with Crippen LogP contribution in [-0.4, -0.2) is 23.5 Å². The number of carbonyl (C=O) groups excluding carboxylic acids is 1. The quantitative estimate of drug-likeness (QED) is 0.843. The standard InChI is InChI=1S/C14H19NO3/c1-14(2)8-9(16)6-12(15-14)11-7-10(18-3)4-5-13(11)17/h4-5,7,12,15,17H,6,8H2,1-3H3. The summed E-state index contributed by atoms with van der Waals surface area (Å²) in [6.45, 7) is 3.99. The molecular formula is C14H19NO3. The minimum atomic E-state index is -0.241. The summed E-state index contributed by atoms with van der Waals surface area (Å²) in [7, 11) is 1.58. The van der Waals surface area contributed by atoms with E-state index in [1.165, 1.54) is 0 Å². The van der Waals surface area contributed by atoms with E-state index in [9.17, 15) is 9.90 Å². The predicted molar refractivity (Wildman–Crippen MR) is 68.9 cm³/mol. The number of aromatic hydroxyl groups is 1. The summed E-state index contributed by atoms with van der Waals surface area (Å²) in [5, 5.41) is 13.3. The fraction of sp³-hybridized carbons (Fsp3) is 0.500. The lowest BCUT2D eigenvalue weighted by Gasteiger charge is -2.36. The first-order valence-corrected chi connectivity index (χ1v) is 6.07. The van der Waals surface area contributed by atoms with Gasteiger partial charge in [-0.1, -0.05) is 0 Å². The van der Waals surface area contributed by atoms with Crippen LogP contribution in [0.1, 0.15) is 38.3 Å². The first kappa shape index (κ1) is 12.9. The Morgan fingerprint density at radius 3 is 2.78 bits per heavy atom. The average molecular weight is 249 g/mol. The zero-order valence-corrected chi connectivity index (χ0v) is 11.0. The third kappa shape index (κ3) is 2.64. The Morgan fingerprint density at radius 1 is 1.44 bits per heavy atom. The molecule has 1 saturated heterocycles. The number of benzene rings is 1. The van der Waals surface area contributed by atoms with Crippen LogP contribution in [0.5, 0.6) is 11.5 Å². The molecule has 1 atom stereocenters. The number of nitrogens with one attached hydrogen (secondary N) is 1. The Bertz CT molecular complexity index is 468. The topological polar surface area (TPSA) is 58.6 Å². The largest absolute Gasteiger partial charge is 0.508 e. The zero-order chi connectivity index (χ0) is 13.3. The third-order valence-electron chi connectivity index (χ3n) is 3.25. The van der Waals surface area contributed by atoms with Crippen molar-refractivity contribution in [3.63, 3.8) is 0 Å². The number of phenols is 1. The van der Waals surface area contributed by atoms with Gasteiger partial charge in [0.25, 0.3) is 0 Å². The highest BCUT2D eigenvalue weighted by Crippen LogP contribution is 2.35. The molecule has 1 heterocycles. The lowest BCUT2D eigenvalue weighted by molar-refractivity contribution is -0.122. The molecule has 0 aromatic heterocycles. The van der Waals surface area contributed by atoms with Gasteiger partial charge in [-0.05, 0) is 32.0 Å². The van der Waals surface area contributed by atoms with Crippen molar-refractivity contribution in [2.24, 2.45) is 0 Å². The normalized spacial score (nSPS) is 22.8. The summed E-state index contributed by atoms with van der Waals surface area (Å²) < 4.78 is 5.16. The number of carbonyl (C=O) groups is 1. The lowest BCUT2D eigenvalue weighted by Crippen LogP contribution is -2.48. The molecule has 0 radical (unpaired) electrons. The Balaban J connectivity index is 2.33. The number of phenolic OH excluding ortho intramolecular Hbond substituents is 1. The zero-order valence-electron chi connectivity index (χ0n) is 11.0. The number of methoxy groups -OCH3 is 1. The summed E-state index contributed by atoms with van der Waals surface area (Å²) in [5.41, 5.74) is 0.477. The number of hydrogen-bond donors (Lipinski definition) is 2. The summed E-state index contributed by atoms with van der Waals surface area (Å²) in [4.78, 5) is 11.8. The fourth-order valence-electron chi connectivity index (χ4n) is 2.49. The molecule has 2 rings (SSSR count). The molecule has 0 aliphatic carbocycles. The van der Waals surface area contributed by atoms with Gasteiger partial charge in [0.15, 0.2) is 0 Å². The second kappa shape index (κ2) is 4.61. The molecule has 1 aromatic rings. The molecule has 2 N–H and O–H groups in total. The molecule has 0 saturated carbocycles. The van der Waals surface area contributed by atoms with Crippen LogP contribution in [0.2, 0.25) is 0 Å². The first-order chi connectivity index (χ1) is 8.41. The molecule has 1 aliphatic rings. The summed E-state index contributed by atoms with van der Waals surface area (Å²) in [6, 6.07) is 4.93. The van der Waals surface area contributed by atoms with Crippen molar-refractivity contribution in [2.45, 2.75) is 38.3 Å². The van der Waals surface area contributed by atoms with Gasteiger partial charge in [-0.15, -0.1) is 0 Å². The highest BCUT2D eigenvalue weighted by Gasteiger charge is 2.33. The fourth-order valence-corrected chi connectivity index (χ4v) is 2.49. The maximum atomic E-state index is 11.8. The molecule has 98 valence electrons. The van der Waals surface area contributed by atoms with Gasteiger partial charge >= 0.3 is 0 Å². The van der Waals surface area contributed by atoms with Crippen molar-refractivity contribution in [3.05, 3.63) is 23.8 Å². The molecule has 4 heteroatoms. The van der Waals surface area contributed by atoms with E-state index in [1.54, 1.807) is 25.3 Å². The van der Waals surface area contributed by atoms with E-state index < -0.39 is 0 Å². The maximum absolute atomic E-state index is 11.8. The summed E-state index contributed by atoms with van der Waals surface area (Å²) >= 11 is 0. The van der Waals surface area contributed by atoms with Crippen LogP contribution in [0.4, 0.5) is 0 Å². The number of hydrogen-bond acceptors (Lipinski definition) is 4. The molecule has 0 bridgehead atoms. The van der Waals surface area contributed by atoms with Gasteiger partial charge in [0, 0.05) is 30.0 Å². The minimum absolute atomic E-state index is 0.156. The number of ether oxygens (including phenoxy) is 1. The maximum Gasteiger partial charge on any atom is 0.136 e. The number of piperidine rings is 1. The highest BCUT2D eigenvalue weighted by molar-refractivity contribution is 5.81. The van der Waals surface area contributed by atoms with Crippen molar-refractivity contribution in [1.82, 2.24) is 5.32 Å². The molecule has 18 heavy (non-hydrogen) atoms. The van der Waals surface area contributed by atoms with Gasteiger partial charge in [-0.3, -0.25) is 4.79 Å². The van der Waals surface area contributed by atoms with Crippen LogP contribution in [0.3, 0.4) is 0 Å². The summed E-state index contributed by atoms with van der Waals surface area (Å²) in [6.07, 6.45) is 0.929. The molecule has 1 aliphatic heterocycles. The van der Waals surface area contributed by atoms with E-state index in [0.717, 1.165) is 5.56 Å². The predicted octanol–water partition coefficient (Wildman–Crippen LogP) is 2.17. The van der Waals surface area contributed by atoms with E-state index in [1.807, 2.05) is 13.8 Å². The number of ketones is 1. The van der Waals surface area contributed by atoms with E-state index in [-0.39, 0.29) is 23.1 Å². The minimum Gasteiger partial charge on any atom is -0.508 e. The van der Waals surface area contributed by atoms with Crippen molar-refractivity contribution < 1.29 is 14.6 Å². The van der Waals surface area contributed by atoms with Crippen LogP contribution < -0.4 is 10.1 Å². The second-order valence-electron chi connectivity index (χ2n) is 5.43. The van der Waals surface area contributed by atoms with Crippen LogP contribution in [0, 0.1) is 0 Å². The van der Waals surface area contributed by atoms with Crippen LogP contribution in [0.15, 0.2) is 18.2 Å². The van der Waals surface area contributed by atoms with Gasteiger partial charge in [-0.2, -0.15) is 0 Å². The highest BCUT2D eigenvalue weighted by atomic mass is 16.5. The second-order valence-corrected chi connectivity index (χ2v) is 5.43. The van der Waals surface area contributed by atoms with Crippen molar-refractivity contribution >= 4 is 5.78 Å². The molecule has 0 spiro atoms. The SMILES string of the molecule is COc1ccc(O)c(C2CC(=O)CC(C)(C)N2)c1. The van der Waals surface area contributed by atoms with Crippen LogP contribution >= 0.6 is 0 Å². The number of Topliss-reactive ketones (excluding diaryl/α,β-unsaturated/α-hetero) is 1. The first-order valence-electron chi connectivity index (χ1n) is 6.07. The van der Waals surface area contributed by atoms with Crippen molar-refractivity contribution in [1.29, 1.82) is 0 Å². The molecule has 0 amide bonds. The van der Waals surface area contributed by atoms with Crippen LogP contribution in [-0.2, 0) is 4.79 Å². The van der Waals surface area contributed by atoms with Gasteiger partial charge in [0.05, 0.1) is 7.11 Å². The van der Waals surface area contributed by atoms with Gasteiger partial charge in [-0.25, -0.2) is 0 Å². The van der Waals surface area contributed by atoms with E-state index in [2.05, 4.69) is 5.32 Å². The monoisotopic (exact) mass is 249 g/mol. The molecule has 1 fully saturated rings. The third-order valence-corrected chi connectivity index (χ3v) is 3.25. The average Bonchev–Trinajstić information content (AvgIpc) is 2.27. The Hall–Kier alpha value is -1.55. The van der Waals surface area contributed by atoms with E-state index in [0.29, 0.717) is 18.6 Å². The van der Waals surface area contributed by atoms with Gasteiger partial charge in [0.2, 0.25) is 0 Å². The van der Waals surface area contributed by atoms with Crippen molar-refractivity contribution in [2.75, 3.05) is 7.11 Å². The smallest absolute Gasteiger partial charge is 0.136 e. The van der Waals surface area contributed by atoms with Crippen molar-refractivity contribution in [3.8, 4) is 11.5 Å². The number of rotatable bonds is 2. The van der Waals surface area contributed by atoms with Gasteiger partial charge < -0.3 is 15.2 Å². The molecule has 4 nitrogen and oxygen atoms in total. The van der Waals surface area contributed by atoms with E-state index >= 15 is 0 Å². The molecule has 1 aromatic carbocycles. The van der Waals surface area contributed by atoms with Crippen LogP contribution in [0.25, 0.3) is 0 Å². The Kier molecular flexibility index (Phi) is 3.30. The van der Waals surface area contributed by atoms with E-state index in [4.69, 9.17) is 4.74 Å². The van der Waals surface area contributed by atoms with Gasteiger partial charge in [0.1, 0.15) is 17.3 Å². The Morgan fingerprint density at radius 2 is 2.17 bits per heavy atom. The lowest BCUT2D eigenvalue weighted by atomic mass is 9.85. The Labute approximate surface area is 107 Å².